The highest BCUT2D eigenvalue weighted by molar-refractivity contribution is 5.97. The van der Waals surface area contributed by atoms with Crippen LogP contribution >= 0.6 is 0 Å². The Balaban J connectivity index is 2.86. The van der Waals surface area contributed by atoms with E-state index in [-0.39, 0.29) is 5.91 Å². The molecule has 0 fully saturated rings. The molecule has 0 aliphatic rings. The molecule has 4 nitrogen and oxygen atoms in total. The smallest absolute Gasteiger partial charge is 0.244 e. The molecule has 0 unspecified atom stereocenters. The lowest BCUT2D eigenvalue weighted by atomic mass is 9.79. The van der Waals surface area contributed by atoms with Crippen molar-refractivity contribution >= 4 is 11.6 Å². The SMILES string of the molecule is CCCC(C#N)(CCC)C(=O)Nc1ccncc1. The summed E-state index contributed by atoms with van der Waals surface area (Å²) in [5.74, 6) is -0.208. The molecule has 0 saturated heterocycles. The number of carbonyl (C=O) groups is 1. The molecular weight excluding hydrogens is 226 g/mol. The van der Waals surface area contributed by atoms with Crippen molar-refractivity contribution in [3.8, 4) is 6.07 Å². The number of aromatic nitrogens is 1. The highest BCUT2D eigenvalue weighted by Gasteiger charge is 2.36. The molecule has 96 valence electrons. The van der Waals surface area contributed by atoms with E-state index in [1.165, 1.54) is 0 Å². The minimum absolute atomic E-state index is 0.208. The summed E-state index contributed by atoms with van der Waals surface area (Å²) in [5, 5.41) is 12.2. The zero-order valence-corrected chi connectivity index (χ0v) is 10.9. The number of hydrogen-bond donors (Lipinski definition) is 1. The predicted octanol–water partition coefficient (Wildman–Crippen LogP) is 3.13. The summed E-state index contributed by atoms with van der Waals surface area (Å²) in [6.45, 7) is 3.98. The normalized spacial score (nSPS) is 10.7. The van der Waals surface area contributed by atoms with Crippen molar-refractivity contribution < 1.29 is 4.79 Å². The molecule has 1 aromatic rings. The summed E-state index contributed by atoms with van der Waals surface area (Å²) in [6, 6.07) is 5.65. The molecule has 1 amide bonds. The van der Waals surface area contributed by atoms with Gasteiger partial charge in [0.15, 0.2) is 0 Å². The summed E-state index contributed by atoms with van der Waals surface area (Å²) in [5.41, 5.74) is -0.228. The van der Waals surface area contributed by atoms with Crippen LogP contribution in [0.2, 0.25) is 0 Å². The van der Waals surface area contributed by atoms with E-state index in [4.69, 9.17) is 0 Å². The second-order valence-electron chi connectivity index (χ2n) is 4.38. The van der Waals surface area contributed by atoms with Crippen molar-refractivity contribution in [1.82, 2.24) is 4.98 Å². The Morgan fingerprint density at radius 1 is 1.33 bits per heavy atom. The summed E-state index contributed by atoms with van der Waals surface area (Å²) in [6.07, 6.45) is 6.05. The third kappa shape index (κ3) is 3.30. The molecule has 0 bridgehead atoms. The Morgan fingerprint density at radius 3 is 2.33 bits per heavy atom. The van der Waals surface area contributed by atoms with Gasteiger partial charge in [-0.2, -0.15) is 5.26 Å². The fourth-order valence-corrected chi connectivity index (χ4v) is 2.05. The number of hydrogen-bond acceptors (Lipinski definition) is 3. The molecule has 1 rings (SSSR count). The van der Waals surface area contributed by atoms with Gasteiger partial charge in [-0.15, -0.1) is 0 Å². The predicted molar refractivity (Wildman–Crippen MR) is 70.7 cm³/mol. The lowest BCUT2D eigenvalue weighted by Gasteiger charge is -2.24. The van der Waals surface area contributed by atoms with Gasteiger partial charge in [0, 0.05) is 18.1 Å². The molecule has 0 radical (unpaired) electrons. The van der Waals surface area contributed by atoms with Crippen molar-refractivity contribution in [2.24, 2.45) is 5.41 Å². The largest absolute Gasteiger partial charge is 0.325 e. The van der Waals surface area contributed by atoms with Crippen LogP contribution in [0.3, 0.4) is 0 Å². The van der Waals surface area contributed by atoms with Crippen LogP contribution in [0, 0.1) is 16.7 Å². The average molecular weight is 245 g/mol. The van der Waals surface area contributed by atoms with E-state index >= 15 is 0 Å². The van der Waals surface area contributed by atoms with Gasteiger partial charge in [-0.05, 0) is 25.0 Å². The number of amides is 1. The summed E-state index contributed by atoms with van der Waals surface area (Å²) in [7, 11) is 0. The third-order valence-electron chi connectivity index (χ3n) is 2.94. The van der Waals surface area contributed by atoms with Crippen molar-refractivity contribution in [3.63, 3.8) is 0 Å². The van der Waals surface area contributed by atoms with Crippen molar-refractivity contribution in [2.45, 2.75) is 39.5 Å². The van der Waals surface area contributed by atoms with Crippen LogP contribution in [0.25, 0.3) is 0 Å². The number of anilines is 1. The lowest BCUT2D eigenvalue weighted by Crippen LogP contribution is -2.35. The van der Waals surface area contributed by atoms with E-state index in [1.807, 2.05) is 13.8 Å². The zero-order chi connectivity index (χ0) is 13.4. The van der Waals surface area contributed by atoms with E-state index in [1.54, 1.807) is 24.5 Å². The maximum atomic E-state index is 12.3. The molecular formula is C14H19N3O. The van der Waals surface area contributed by atoms with Gasteiger partial charge in [0.05, 0.1) is 6.07 Å². The fraction of sp³-hybridized carbons (Fsp3) is 0.500. The monoisotopic (exact) mass is 245 g/mol. The van der Waals surface area contributed by atoms with Gasteiger partial charge < -0.3 is 5.32 Å². The van der Waals surface area contributed by atoms with Gasteiger partial charge in [0.1, 0.15) is 5.41 Å². The molecule has 1 aromatic heterocycles. The van der Waals surface area contributed by atoms with Crippen LogP contribution < -0.4 is 5.32 Å². The zero-order valence-electron chi connectivity index (χ0n) is 10.9. The quantitative estimate of drug-likeness (QED) is 0.837. The van der Waals surface area contributed by atoms with Gasteiger partial charge in [-0.25, -0.2) is 0 Å². The van der Waals surface area contributed by atoms with E-state index in [0.717, 1.165) is 12.8 Å². The number of rotatable bonds is 6. The van der Waals surface area contributed by atoms with Crippen molar-refractivity contribution in [2.75, 3.05) is 5.32 Å². The number of nitriles is 1. The van der Waals surface area contributed by atoms with Gasteiger partial charge in [-0.3, -0.25) is 9.78 Å². The Hall–Kier alpha value is -1.89. The first-order valence-electron chi connectivity index (χ1n) is 6.31. The molecule has 0 spiro atoms. The second-order valence-corrected chi connectivity index (χ2v) is 4.38. The standard InChI is InChI=1S/C14H19N3O/c1-3-7-14(11-15,8-4-2)13(18)17-12-5-9-16-10-6-12/h5-6,9-10H,3-4,7-8H2,1-2H3,(H,16,17,18). The number of nitrogens with one attached hydrogen (secondary N) is 1. The fourth-order valence-electron chi connectivity index (χ4n) is 2.05. The van der Waals surface area contributed by atoms with Crippen molar-refractivity contribution in [3.05, 3.63) is 24.5 Å². The molecule has 4 heteroatoms. The molecule has 1 N–H and O–H groups in total. The van der Waals surface area contributed by atoms with Crippen molar-refractivity contribution in [1.29, 1.82) is 5.26 Å². The van der Waals surface area contributed by atoms with Crippen LogP contribution in [0.1, 0.15) is 39.5 Å². The second kappa shape index (κ2) is 6.75. The van der Waals surface area contributed by atoms with E-state index in [0.29, 0.717) is 18.5 Å². The van der Waals surface area contributed by atoms with Gasteiger partial charge in [0.25, 0.3) is 0 Å². The first kappa shape index (κ1) is 14.2. The number of carbonyl (C=O) groups excluding carboxylic acids is 1. The maximum absolute atomic E-state index is 12.3. The van der Waals surface area contributed by atoms with Gasteiger partial charge in [0.2, 0.25) is 5.91 Å². The van der Waals surface area contributed by atoms with Crippen LogP contribution in [0.5, 0.6) is 0 Å². The molecule has 1 heterocycles. The first-order valence-corrected chi connectivity index (χ1v) is 6.31. The average Bonchev–Trinajstić information content (AvgIpc) is 2.39. The first-order chi connectivity index (χ1) is 8.68. The summed E-state index contributed by atoms with van der Waals surface area (Å²) in [4.78, 5) is 16.2. The van der Waals surface area contributed by atoms with Crippen LogP contribution in [0.15, 0.2) is 24.5 Å². The summed E-state index contributed by atoms with van der Waals surface area (Å²) >= 11 is 0. The molecule has 18 heavy (non-hydrogen) atoms. The van der Waals surface area contributed by atoms with Gasteiger partial charge in [-0.1, -0.05) is 26.7 Å². The molecule has 0 atom stereocenters. The molecule has 0 aliphatic heterocycles. The highest BCUT2D eigenvalue weighted by Crippen LogP contribution is 2.30. The third-order valence-corrected chi connectivity index (χ3v) is 2.94. The van der Waals surface area contributed by atoms with Crippen LogP contribution in [0.4, 0.5) is 5.69 Å². The molecule has 0 aliphatic carbocycles. The topological polar surface area (TPSA) is 65.8 Å². The highest BCUT2D eigenvalue weighted by atomic mass is 16.2. The lowest BCUT2D eigenvalue weighted by molar-refractivity contribution is -0.123. The Kier molecular flexibility index (Phi) is 5.31. The summed E-state index contributed by atoms with van der Waals surface area (Å²) < 4.78 is 0. The Morgan fingerprint density at radius 2 is 1.89 bits per heavy atom. The Bertz CT molecular complexity index is 416. The maximum Gasteiger partial charge on any atom is 0.244 e. The van der Waals surface area contributed by atoms with E-state index < -0.39 is 5.41 Å². The van der Waals surface area contributed by atoms with E-state index in [9.17, 15) is 10.1 Å². The van der Waals surface area contributed by atoms with E-state index in [2.05, 4.69) is 16.4 Å². The van der Waals surface area contributed by atoms with Gasteiger partial charge >= 0.3 is 0 Å². The Labute approximate surface area is 108 Å². The minimum Gasteiger partial charge on any atom is -0.325 e. The molecule has 0 saturated carbocycles. The van der Waals surface area contributed by atoms with Crippen LogP contribution in [-0.2, 0) is 4.79 Å². The number of pyridine rings is 1. The molecule has 0 aromatic carbocycles. The van der Waals surface area contributed by atoms with Crippen LogP contribution in [-0.4, -0.2) is 10.9 Å². The minimum atomic E-state index is -0.910. The number of nitrogens with zero attached hydrogens (tertiary/aromatic N) is 2.